The number of hydrogen-bond acceptors (Lipinski definition) is 6. The summed E-state index contributed by atoms with van der Waals surface area (Å²) in [6.45, 7) is 1.76. The van der Waals surface area contributed by atoms with Crippen LogP contribution in [0.5, 0.6) is 0 Å². The van der Waals surface area contributed by atoms with Crippen LogP contribution in [-0.4, -0.2) is 29.4 Å². The quantitative estimate of drug-likeness (QED) is 0.678. The third-order valence-corrected chi connectivity index (χ3v) is 5.04. The van der Waals surface area contributed by atoms with Gasteiger partial charge in [-0.3, -0.25) is 5.32 Å². The number of carbonyl (C=O) groups excluding carboxylic acids is 1. The van der Waals surface area contributed by atoms with E-state index in [1.54, 1.807) is 19.1 Å². The Kier molecular flexibility index (Phi) is 4.51. The van der Waals surface area contributed by atoms with Gasteiger partial charge in [0.15, 0.2) is 0 Å². The molecule has 10 heteroatoms. The molecule has 128 valence electrons. The maximum Gasteiger partial charge on any atom is 0.335 e. The van der Waals surface area contributed by atoms with Gasteiger partial charge in [-0.15, -0.1) is 0 Å². The van der Waals surface area contributed by atoms with Gasteiger partial charge in [-0.1, -0.05) is 29.8 Å². The molecule has 0 atom stereocenters. The van der Waals surface area contributed by atoms with Crippen LogP contribution in [0.3, 0.4) is 0 Å². The number of halogens is 1. The number of benzene rings is 1. The lowest BCUT2D eigenvalue weighted by Gasteiger charge is -2.09. The van der Waals surface area contributed by atoms with Crippen molar-refractivity contribution in [3.05, 3.63) is 53.4 Å². The van der Waals surface area contributed by atoms with Gasteiger partial charge in [0.25, 0.3) is 10.0 Å². The maximum atomic E-state index is 12.2. The van der Waals surface area contributed by atoms with E-state index in [0.717, 1.165) is 5.39 Å². The Bertz CT molecular complexity index is 1070. The lowest BCUT2D eigenvalue weighted by molar-refractivity contribution is 0.256. The third-order valence-electron chi connectivity index (χ3n) is 3.26. The van der Waals surface area contributed by atoms with Gasteiger partial charge in [0.1, 0.15) is 10.0 Å². The molecule has 0 bridgehead atoms. The summed E-state index contributed by atoms with van der Waals surface area (Å²) in [6, 6.07) is 8.89. The highest BCUT2D eigenvalue weighted by molar-refractivity contribution is 7.90. The van der Waals surface area contributed by atoms with Crippen LogP contribution in [0, 0.1) is 6.92 Å². The van der Waals surface area contributed by atoms with E-state index < -0.39 is 16.1 Å². The topological polar surface area (TPSA) is 114 Å². The van der Waals surface area contributed by atoms with Crippen molar-refractivity contribution in [2.24, 2.45) is 0 Å². The summed E-state index contributed by atoms with van der Waals surface area (Å²) in [7, 11) is -4.17. The molecule has 0 aliphatic carbocycles. The number of rotatable bonds is 3. The second-order valence-corrected chi connectivity index (χ2v) is 7.01. The Morgan fingerprint density at radius 1 is 1.12 bits per heavy atom. The molecule has 2 N–H and O–H groups in total. The molecule has 0 unspecified atom stereocenters. The number of hydrogen-bond donors (Lipinski definition) is 2. The molecular weight excluding hydrogens is 366 g/mol. The van der Waals surface area contributed by atoms with Gasteiger partial charge in [-0.05, 0) is 25.1 Å². The number of anilines is 1. The highest BCUT2D eigenvalue weighted by atomic mass is 35.5. The SMILES string of the molecule is Cc1nc(NC(=O)NS(=O)(=O)c2cccnc2Cl)nc2ccccc12. The van der Waals surface area contributed by atoms with Crippen LogP contribution in [0.2, 0.25) is 5.15 Å². The van der Waals surface area contributed by atoms with Crippen molar-refractivity contribution >= 4 is 44.5 Å². The maximum absolute atomic E-state index is 12.2. The molecule has 0 fully saturated rings. The number of nitrogens with zero attached hydrogens (tertiary/aromatic N) is 3. The number of aryl methyl sites for hydroxylation is 1. The second kappa shape index (κ2) is 6.61. The van der Waals surface area contributed by atoms with Crippen LogP contribution in [0.4, 0.5) is 10.7 Å². The average molecular weight is 378 g/mol. The first-order valence-corrected chi connectivity index (χ1v) is 8.90. The zero-order valence-electron chi connectivity index (χ0n) is 12.9. The summed E-state index contributed by atoms with van der Waals surface area (Å²) in [5, 5.41) is 2.91. The van der Waals surface area contributed by atoms with Crippen molar-refractivity contribution in [2.45, 2.75) is 11.8 Å². The zero-order valence-corrected chi connectivity index (χ0v) is 14.5. The van der Waals surface area contributed by atoms with Crippen LogP contribution < -0.4 is 10.0 Å². The first-order chi connectivity index (χ1) is 11.9. The molecule has 3 aromatic rings. The number of pyridine rings is 1. The molecule has 0 saturated heterocycles. The van der Waals surface area contributed by atoms with Crippen molar-refractivity contribution in [3.63, 3.8) is 0 Å². The number of carbonyl (C=O) groups is 1. The van der Waals surface area contributed by atoms with Gasteiger partial charge in [-0.2, -0.15) is 0 Å². The van der Waals surface area contributed by atoms with Crippen LogP contribution in [0.15, 0.2) is 47.5 Å². The normalized spacial score (nSPS) is 11.3. The van der Waals surface area contributed by atoms with E-state index in [9.17, 15) is 13.2 Å². The van der Waals surface area contributed by atoms with Crippen molar-refractivity contribution in [1.29, 1.82) is 0 Å². The highest BCUT2D eigenvalue weighted by Crippen LogP contribution is 2.18. The van der Waals surface area contributed by atoms with E-state index >= 15 is 0 Å². The van der Waals surface area contributed by atoms with Crippen molar-refractivity contribution in [3.8, 4) is 0 Å². The van der Waals surface area contributed by atoms with Gasteiger partial charge in [0.2, 0.25) is 5.95 Å². The fraction of sp³-hybridized carbons (Fsp3) is 0.0667. The Hall–Kier alpha value is -2.78. The number of para-hydroxylation sites is 1. The van der Waals surface area contributed by atoms with E-state index in [0.29, 0.717) is 11.2 Å². The molecule has 0 radical (unpaired) electrons. The Morgan fingerprint density at radius 3 is 2.64 bits per heavy atom. The van der Waals surface area contributed by atoms with Crippen molar-refractivity contribution in [2.75, 3.05) is 5.32 Å². The molecule has 2 heterocycles. The van der Waals surface area contributed by atoms with Gasteiger partial charge < -0.3 is 0 Å². The van der Waals surface area contributed by atoms with Crippen molar-refractivity contribution < 1.29 is 13.2 Å². The summed E-state index contributed by atoms with van der Waals surface area (Å²) >= 11 is 5.75. The molecule has 0 spiro atoms. The van der Waals surface area contributed by atoms with Gasteiger partial charge in [0, 0.05) is 11.6 Å². The number of aromatic nitrogens is 3. The average Bonchev–Trinajstić information content (AvgIpc) is 2.54. The monoisotopic (exact) mass is 377 g/mol. The summed E-state index contributed by atoms with van der Waals surface area (Å²) in [5.41, 5.74) is 1.28. The largest absolute Gasteiger partial charge is 0.335 e. The molecular formula is C15H12ClN5O3S. The smallest absolute Gasteiger partial charge is 0.275 e. The van der Waals surface area contributed by atoms with E-state index in [4.69, 9.17) is 11.6 Å². The molecule has 3 rings (SSSR count). The third kappa shape index (κ3) is 3.67. The minimum atomic E-state index is -4.17. The van der Waals surface area contributed by atoms with Gasteiger partial charge >= 0.3 is 6.03 Å². The van der Waals surface area contributed by atoms with E-state index in [1.807, 2.05) is 16.9 Å². The summed E-state index contributed by atoms with van der Waals surface area (Å²) in [6.07, 6.45) is 1.34. The van der Waals surface area contributed by atoms with Gasteiger partial charge in [0.05, 0.1) is 11.2 Å². The number of fused-ring (bicyclic) bond motifs is 1. The van der Waals surface area contributed by atoms with E-state index in [1.165, 1.54) is 18.3 Å². The van der Waals surface area contributed by atoms with E-state index in [2.05, 4.69) is 20.3 Å². The molecule has 0 aliphatic heterocycles. The standard InChI is InChI=1S/C15H12ClN5O3S/c1-9-10-5-2-3-6-11(10)19-14(18-9)20-15(22)21-25(23,24)12-7-4-8-17-13(12)16/h2-8H,1H3,(H2,18,19,20,21,22). The first-order valence-electron chi connectivity index (χ1n) is 7.04. The van der Waals surface area contributed by atoms with Crippen LogP contribution in [-0.2, 0) is 10.0 Å². The molecule has 2 aromatic heterocycles. The second-order valence-electron chi connectivity index (χ2n) is 5.00. The first kappa shape index (κ1) is 17.1. The minimum Gasteiger partial charge on any atom is -0.275 e. The predicted molar refractivity (Wildman–Crippen MR) is 92.9 cm³/mol. The van der Waals surface area contributed by atoms with E-state index in [-0.39, 0.29) is 16.0 Å². The van der Waals surface area contributed by atoms with Crippen molar-refractivity contribution in [1.82, 2.24) is 19.7 Å². The predicted octanol–water partition coefficient (Wildman–Crippen LogP) is 2.50. The molecule has 25 heavy (non-hydrogen) atoms. The fourth-order valence-corrected chi connectivity index (χ4v) is 3.53. The highest BCUT2D eigenvalue weighted by Gasteiger charge is 2.21. The van der Waals surface area contributed by atoms with Crippen LogP contribution >= 0.6 is 11.6 Å². The number of urea groups is 1. The molecule has 0 saturated carbocycles. The lowest BCUT2D eigenvalue weighted by Crippen LogP contribution is -2.35. The Morgan fingerprint density at radius 2 is 1.88 bits per heavy atom. The molecule has 0 aliphatic rings. The van der Waals surface area contributed by atoms with Gasteiger partial charge in [-0.25, -0.2) is 32.9 Å². The summed E-state index contributed by atoms with van der Waals surface area (Å²) < 4.78 is 26.2. The zero-order chi connectivity index (χ0) is 18.0. The van der Waals surface area contributed by atoms with Crippen LogP contribution in [0.1, 0.15) is 5.69 Å². The van der Waals surface area contributed by atoms with Crippen LogP contribution in [0.25, 0.3) is 10.9 Å². The Labute approximate surface area is 148 Å². The summed E-state index contributed by atoms with van der Waals surface area (Å²) in [5.74, 6) is -0.0128. The Balaban J connectivity index is 1.82. The molecule has 1 aromatic carbocycles. The molecule has 8 nitrogen and oxygen atoms in total. The minimum absolute atomic E-state index is 0.0128. The fourth-order valence-electron chi connectivity index (χ4n) is 2.17. The number of nitrogens with one attached hydrogen (secondary N) is 2. The number of amides is 2. The number of sulfonamides is 1. The summed E-state index contributed by atoms with van der Waals surface area (Å²) in [4.78, 5) is 23.7. The molecule has 2 amide bonds. The lowest BCUT2D eigenvalue weighted by atomic mass is 10.2.